The Bertz CT molecular complexity index is 1090. The van der Waals surface area contributed by atoms with Crippen LogP contribution in [-0.4, -0.2) is 33.9 Å². The highest BCUT2D eigenvalue weighted by Crippen LogP contribution is 2.27. The zero-order valence-electron chi connectivity index (χ0n) is 16.9. The summed E-state index contributed by atoms with van der Waals surface area (Å²) >= 11 is 0. The molecule has 1 aromatic heterocycles. The van der Waals surface area contributed by atoms with Gasteiger partial charge in [0.25, 0.3) is 5.91 Å². The van der Waals surface area contributed by atoms with Crippen molar-refractivity contribution in [2.45, 2.75) is 25.7 Å². The minimum absolute atomic E-state index is 0.00337. The van der Waals surface area contributed by atoms with Crippen LogP contribution in [0.4, 0.5) is 11.6 Å². The van der Waals surface area contributed by atoms with Crippen LogP contribution in [0.2, 0.25) is 0 Å². The van der Waals surface area contributed by atoms with Crippen LogP contribution < -0.4 is 5.32 Å². The predicted octanol–water partition coefficient (Wildman–Crippen LogP) is 4.42. The Morgan fingerprint density at radius 1 is 1.20 bits per heavy atom. The Hall–Kier alpha value is -3.72. The molecule has 3 aromatic rings. The quantitative estimate of drug-likeness (QED) is 0.705. The molecule has 1 aliphatic heterocycles. The summed E-state index contributed by atoms with van der Waals surface area (Å²) in [6.07, 6.45) is 3.68. The zero-order valence-corrected chi connectivity index (χ0v) is 16.9. The molecule has 0 aliphatic carbocycles. The number of aromatic nitrogens is 2. The maximum Gasteiger partial charge on any atom is 0.253 e. The molecule has 1 atom stereocenters. The second kappa shape index (κ2) is 8.75. The molecular formula is C24H23N5O. The minimum Gasteiger partial charge on any atom is -0.338 e. The number of rotatable bonds is 4. The summed E-state index contributed by atoms with van der Waals surface area (Å²) in [5.74, 6) is 0.729. The topological polar surface area (TPSA) is 81.9 Å². The standard InChI is InChI=1S/C24H23N5O/c1-17-4-2-6-21(14-17)27-24-26-12-11-22(28-24)20-5-3-13-29(16-20)23(30)19-9-7-18(15-25)8-10-19/h2,4,6-12,14,20H,3,5,13,16H2,1H3,(H,26,27,28). The summed E-state index contributed by atoms with van der Waals surface area (Å²) in [7, 11) is 0. The summed E-state index contributed by atoms with van der Waals surface area (Å²) < 4.78 is 0. The van der Waals surface area contributed by atoms with Crippen LogP contribution in [0.5, 0.6) is 0 Å². The molecule has 1 aliphatic rings. The Morgan fingerprint density at radius 2 is 2.03 bits per heavy atom. The summed E-state index contributed by atoms with van der Waals surface area (Å²) in [5.41, 5.74) is 4.23. The highest BCUT2D eigenvalue weighted by molar-refractivity contribution is 5.94. The van der Waals surface area contributed by atoms with E-state index in [2.05, 4.69) is 22.4 Å². The Morgan fingerprint density at radius 3 is 2.80 bits per heavy atom. The lowest BCUT2D eigenvalue weighted by atomic mass is 9.94. The van der Waals surface area contributed by atoms with Gasteiger partial charge in [0.05, 0.1) is 17.3 Å². The molecule has 6 heteroatoms. The molecule has 0 spiro atoms. The molecule has 1 N–H and O–H groups in total. The first-order valence-corrected chi connectivity index (χ1v) is 10.1. The lowest BCUT2D eigenvalue weighted by Crippen LogP contribution is -2.39. The van der Waals surface area contributed by atoms with E-state index in [1.807, 2.05) is 36.1 Å². The van der Waals surface area contributed by atoms with E-state index in [1.54, 1.807) is 30.5 Å². The highest BCUT2D eigenvalue weighted by Gasteiger charge is 2.26. The number of nitrogens with zero attached hydrogens (tertiary/aromatic N) is 4. The van der Waals surface area contributed by atoms with Crippen molar-refractivity contribution in [3.8, 4) is 6.07 Å². The average Bonchev–Trinajstić information content (AvgIpc) is 2.79. The second-order valence-corrected chi connectivity index (χ2v) is 7.58. The number of likely N-dealkylation sites (tertiary alicyclic amines) is 1. The molecule has 0 radical (unpaired) electrons. The van der Waals surface area contributed by atoms with Gasteiger partial charge >= 0.3 is 0 Å². The smallest absolute Gasteiger partial charge is 0.253 e. The number of nitrogens with one attached hydrogen (secondary N) is 1. The zero-order chi connectivity index (χ0) is 20.9. The van der Waals surface area contributed by atoms with Gasteiger partial charge in [-0.25, -0.2) is 9.97 Å². The Labute approximate surface area is 176 Å². The van der Waals surface area contributed by atoms with Gasteiger partial charge < -0.3 is 10.2 Å². The summed E-state index contributed by atoms with van der Waals surface area (Å²) in [4.78, 5) is 23.9. The maximum absolute atomic E-state index is 12.9. The molecular weight excluding hydrogens is 374 g/mol. The fourth-order valence-corrected chi connectivity index (χ4v) is 3.79. The van der Waals surface area contributed by atoms with Crippen LogP contribution in [0, 0.1) is 18.3 Å². The largest absolute Gasteiger partial charge is 0.338 e. The number of nitriles is 1. The van der Waals surface area contributed by atoms with Crippen molar-refractivity contribution in [2.24, 2.45) is 0 Å². The normalized spacial score (nSPS) is 16.0. The third-order valence-corrected chi connectivity index (χ3v) is 5.34. The van der Waals surface area contributed by atoms with E-state index in [0.29, 0.717) is 23.6 Å². The summed E-state index contributed by atoms with van der Waals surface area (Å²) in [5, 5.41) is 12.2. The number of anilines is 2. The van der Waals surface area contributed by atoms with E-state index in [9.17, 15) is 4.79 Å². The van der Waals surface area contributed by atoms with E-state index in [-0.39, 0.29) is 11.8 Å². The molecule has 0 saturated carbocycles. The van der Waals surface area contributed by atoms with Gasteiger partial charge in [0.2, 0.25) is 5.95 Å². The third-order valence-electron chi connectivity index (χ3n) is 5.34. The average molecular weight is 397 g/mol. The molecule has 1 unspecified atom stereocenters. The van der Waals surface area contributed by atoms with Crippen LogP contribution >= 0.6 is 0 Å². The number of carbonyl (C=O) groups is 1. The van der Waals surface area contributed by atoms with Crippen molar-refractivity contribution in [3.63, 3.8) is 0 Å². The lowest BCUT2D eigenvalue weighted by molar-refractivity contribution is 0.0706. The molecule has 0 bridgehead atoms. The molecule has 1 saturated heterocycles. The number of hydrogen-bond acceptors (Lipinski definition) is 5. The molecule has 2 heterocycles. The van der Waals surface area contributed by atoms with Crippen molar-refractivity contribution >= 4 is 17.5 Å². The van der Waals surface area contributed by atoms with Gasteiger partial charge in [-0.15, -0.1) is 0 Å². The third kappa shape index (κ3) is 4.47. The van der Waals surface area contributed by atoms with Crippen LogP contribution in [0.3, 0.4) is 0 Å². The van der Waals surface area contributed by atoms with Crippen LogP contribution in [0.15, 0.2) is 60.8 Å². The van der Waals surface area contributed by atoms with Gasteiger partial charge in [-0.1, -0.05) is 12.1 Å². The first kappa shape index (κ1) is 19.6. The molecule has 1 amide bonds. The van der Waals surface area contributed by atoms with Gasteiger partial charge in [0.1, 0.15) is 0 Å². The number of aryl methyl sites for hydroxylation is 1. The number of hydrogen-bond donors (Lipinski definition) is 1. The van der Waals surface area contributed by atoms with Crippen molar-refractivity contribution < 1.29 is 4.79 Å². The fraction of sp³-hybridized carbons (Fsp3) is 0.250. The number of amides is 1. The van der Waals surface area contributed by atoms with Crippen LogP contribution in [0.1, 0.15) is 45.9 Å². The van der Waals surface area contributed by atoms with Crippen LogP contribution in [0.25, 0.3) is 0 Å². The maximum atomic E-state index is 12.9. The Balaban J connectivity index is 1.47. The first-order valence-electron chi connectivity index (χ1n) is 10.1. The number of piperidine rings is 1. The lowest BCUT2D eigenvalue weighted by Gasteiger charge is -2.32. The van der Waals surface area contributed by atoms with E-state index in [0.717, 1.165) is 30.8 Å². The molecule has 2 aromatic carbocycles. The fourth-order valence-electron chi connectivity index (χ4n) is 3.79. The van der Waals surface area contributed by atoms with Gasteiger partial charge in [-0.3, -0.25) is 4.79 Å². The molecule has 6 nitrogen and oxygen atoms in total. The van der Waals surface area contributed by atoms with Crippen LogP contribution in [-0.2, 0) is 0 Å². The van der Waals surface area contributed by atoms with Gasteiger partial charge in [-0.2, -0.15) is 5.26 Å². The molecule has 1 fully saturated rings. The second-order valence-electron chi connectivity index (χ2n) is 7.58. The van der Waals surface area contributed by atoms with Crippen molar-refractivity contribution in [3.05, 3.63) is 83.2 Å². The van der Waals surface area contributed by atoms with Crippen molar-refractivity contribution in [1.82, 2.24) is 14.9 Å². The van der Waals surface area contributed by atoms with E-state index in [4.69, 9.17) is 10.2 Å². The van der Waals surface area contributed by atoms with Gasteiger partial charge in [0, 0.05) is 36.5 Å². The van der Waals surface area contributed by atoms with E-state index in [1.165, 1.54) is 5.56 Å². The molecule has 150 valence electrons. The minimum atomic E-state index is -0.00337. The monoisotopic (exact) mass is 397 g/mol. The van der Waals surface area contributed by atoms with Gasteiger partial charge in [0.15, 0.2) is 0 Å². The first-order chi connectivity index (χ1) is 14.6. The van der Waals surface area contributed by atoms with Gasteiger partial charge in [-0.05, 0) is 67.8 Å². The van der Waals surface area contributed by atoms with Crippen molar-refractivity contribution in [1.29, 1.82) is 5.26 Å². The van der Waals surface area contributed by atoms with E-state index < -0.39 is 0 Å². The molecule has 4 rings (SSSR count). The number of benzene rings is 2. The summed E-state index contributed by atoms with van der Waals surface area (Å²) in [6, 6.07) is 18.9. The summed E-state index contributed by atoms with van der Waals surface area (Å²) in [6.45, 7) is 3.40. The molecule has 30 heavy (non-hydrogen) atoms. The predicted molar refractivity (Wildman–Crippen MR) is 116 cm³/mol. The number of carbonyl (C=O) groups excluding carboxylic acids is 1. The highest BCUT2D eigenvalue weighted by atomic mass is 16.2. The van der Waals surface area contributed by atoms with E-state index >= 15 is 0 Å². The SMILES string of the molecule is Cc1cccc(Nc2nccc(C3CCCN(C(=O)c4ccc(C#N)cc4)C3)n2)c1. The Kier molecular flexibility index (Phi) is 5.71. The van der Waals surface area contributed by atoms with Crippen molar-refractivity contribution in [2.75, 3.05) is 18.4 Å².